The van der Waals surface area contributed by atoms with Crippen LogP contribution in [0, 0.1) is 5.82 Å². The minimum atomic E-state index is -0.336. The Morgan fingerprint density at radius 2 is 2.12 bits per heavy atom. The second-order valence-electron chi connectivity index (χ2n) is 3.86. The molecule has 4 heteroatoms. The molecule has 0 fully saturated rings. The highest BCUT2D eigenvalue weighted by atomic mass is 19.1. The van der Waals surface area contributed by atoms with Gasteiger partial charge < -0.3 is 10.2 Å². The van der Waals surface area contributed by atoms with Gasteiger partial charge in [-0.05, 0) is 33.2 Å². The summed E-state index contributed by atoms with van der Waals surface area (Å²) in [5.74, 6) is -0.559. The molecule has 0 unspecified atom stereocenters. The minimum Gasteiger partial charge on any atom is -0.352 e. The molecule has 16 heavy (non-hydrogen) atoms. The number of carbonyl (C=O) groups is 1. The van der Waals surface area contributed by atoms with Crippen LogP contribution in [0.3, 0.4) is 0 Å². The number of hydrogen-bond donors (Lipinski definition) is 1. The molecule has 0 aliphatic heterocycles. The zero-order valence-corrected chi connectivity index (χ0v) is 9.88. The quantitative estimate of drug-likeness (QED) is 0.843. The molecule has 0 aliphatic rings. The van der Waals surface area contributed by atoms with E-state index >= 15 is 0 Å². The van der Waals surface area contributed by atoms with Gasteiger partial charge in [0, 0.05) is 24.2 Å². The third-order valence-electron chi connectivity index (χ3n) is 2.18. The van der Waals surface area contributed by atoms with Crippen molar-refractivity contribution in [1.82, 2.24) is 10.2 Å². The summed E-state index contributed by atoms with van der Waals surface area (Å²) >= 11 is 0. The fourth-order valence-electron chi connectivity index (χ4n) is 1.50. The molecule has 1 rings (SSSR count). The number of benzene rings is 1. The molecule has 88 valence electrons. The van der Waals surface area contributed by atoms with Crippen LogP contribution in [0.2, 0.25) is 0 Å². The standard InChI is InChI=1S/C12H17FN2O/c1-4-14-12(16)9-6-5-7-11(13)10(9)8-15(2)3/h5-7H,4,8H2,1-3H3,(H,14,16). The highest BCUT2D eigenvalue weighted by molar-refractivity contribution is 5.95. The third kappa shape index (κ3) is 3.03. The van der Waals surface area contributed by atoms with E-state index in [2.05, 4.69) is 5.32 Å². The maximum atomic E-state index is 13.6. The fourth-order valence-corrected chi connectivity index (χ4v) is 1.50. The highest BCUT2D eigenvalue weighted by Crippen LogP contribution is 2.15. The molecule has 1 aromatic rings. The minimum absolute atomic E-state index is 0.223. The van der Waals surface area contributed by atoms with Gasteiger partial charge in [-0.3, -0.25) is 4.79 Å². The molecule has 1 N–H and O–H groups in total. The Hall–Kier alpha value is -1.42. The van der Waals surface area contributed by atoms with E-state index in [9.17, 15) is 9.18 Å². The van der Waals surface area contributed by atoms with Gasteiger partial charge in [-0.25, -0.2) is 4.39 Å². The summed E-state index contributed by atoms with van der Waals surface area (Å²) in [5.41, 5.74) is 0.856. The molecule has 0 saturated heterocycles. The van der Waals surface area contributed by atoms with E-state index in [4.69, 9.17) is 0 Å². The molecule has 0 aromatic heterocycles. The summed E-state index contributed by atoms with van der Waals surface area (Å²) < 4.78 is 13.6. The summed E-state index contributed by atoms with van der Waals surface area (Å²) in [7, 11) is 3.68. The van der Waals surface area contributed by atoms with Crippen molar-refractivity contribution in [2.24, 2.45) is 0 Å². The molecular weight excluding hydrogens is 207 g/mol. The van der Waals surface area contributed by atoms with Gasteiger partial charge >= 0.3 is 0 Å². The van der Waals surface area contributed by atoms with Crippen LogP contribution >= 0.6 is 0 Å². The number of amides is 1. The van der Waals surface area contributed by atoms with Gasteiger partial charge in [0.2, 0.25) is 0 Å². The summed E-state index contributed by atoms with van der Waals surface area (Å²) in [6, 6.07) is 4.58. The second-order valence-corrected chi connectivity index (χ2v) is 3.86. The lowest BCUT2D eigenvalue weighted by Gasteiger charge is -2.14. The summed E-state index contributed by atoms with van der Waals surface area (Å²) in [6.07, 6.45) is 0. The van der Waals surface area contributed by atoms with Gasteiger partial charge in [0.05, 0.1) is 0 Å². The number of rotatable bonds is 4. The normalized spacial score (nSPS) is 10.6. The number of nitrogens with zero attached hydrogens (tertiary/aromatic N) is 1. The van der Waals surface area contributed by atoms with Gasteiger partial charge in [-0.1, -0.05) is 6.07 Å². The first-order valence-corrected chi connectivity index (χ1v) is 5.26. The van der Waals surface area contributed by atoms with Gasteiger partial charge in [-0.2, -0.15) is 0 Å². The largest absolute Gasteiger partial charge is 0.352 e. The first-order valence-electron chi connectivity index (χ1n) is 5.26. The SMILES string of the molecule is CCNC(=O)c1cccc(F)c1CN(C)C. The third-order valence-corrected chi connectivity index (χ3v) is 2.18. The molecular formula is C12H17FN2O. The number of carbonyl (C=O) groups excluding carboxylic acids is 1. The number of hydrogen-bond acceptors (Lipinski definition) is 2. The van der Waals surface area contributed by atoms with Crippen molar-refractivity contribution in [3.05, 3.63) is 35.1 Å². The van der Waals surface area contributed by atoms with E-state index in [1.54, 1.807) is 12.1 Å². The fraction of sp³-hybridized carbons (Fsp3) is 0.417. The lowest BCUT2D eigenvalue weighted by Crippen LogP contribution is -2.25. The zero-order chi connectivity index (χ0) is 12.1. The summed E-state index contributed by atoms with van der Waals surface area (Å²) in [6.45, 7) is 2.79. The van der Waals surface area contributed by atoms with Crippen LogP contribution in [0.1, 0.15) is 22.8 Å². The van der Waals surface area contributed by atoms with Crippen molar-refractivity contribution in [2.45, 2.75) is 13.5 Å². The molecule has 1 amide bonds. The number of nitrogens with one attached hydrogen (secondary N) is 1. The highest BCUT2D eigenvalue weighted by Gasteiger charge is 2.14. The van der Waals surface area contributed by atoms with Crippen molar-refractivity contribution >= 4 is 5.91 Å². The topological polar surface area (TPSA) is 32.3 Å². The maximum absolute atomic E-state index is 13.6. The van der Waals surface area contributed by atoms with Gasteiger partial charge in [0.25, 0.3) is 5.91 Å². The Bertz CT molecular complexity index is 377. The Balaban J connectivity index is 3.07. The first kappa shape index (κ1) is 12.6. The molecule has 0 radical (unpaired) electrons. The Morgan fingerprint density at radius 3 is 2.69 bits per heavy atom. The van der Waals surface area contributed by atoms with Crippen LogP contribution in [0.5, 0.6) is 0 Å². The van der Waals surface area contributed by atoms with Gasteiger partial charge in [-0.15, -0.1) is 0 Å². The zero-order valence-electron chi connectivity index (χ0n) is 9.88. The number of halogens is 1. The van der Waals surface area contributed by atoms with Crippen molar-refractivity contribution in [3.8, 4) is 0 Å². The average Bonchev–Trinajstić information content (AvgIpc) is 2.20. The molecule has 0 heterocycles. The predicted octanol–water partition coefficient (Wildman–Crippen LogP) is 1.64. The molecule has 0 saturated carbocycles. The maximum Gasteiger partial charge on any atom is 0.251 e. The summed E-state index contributed by atoms with van der Waals surface area (Å²) in [4.78, 5) is 13.5. The Labute approximate surface area is 95.3 Å². The molecule has 0 spiro atoms. The lowest BCUT2D eigenvalue weighted by atomic mass is 10.1. The summed E-state index contributed by atoms with van der Waals surface area (Å²) in [5, 5.41) is 2.68. The average molecular weight is 224 g/mol. The van der Waals surface area contributed by atoms with Crippen molar-refractivity contribution in [2.75, 3.05) is 20.6 Å². The molecule has 1 aromatic carbocycles. The van der Waals surface area contributed by atoms with Gasteiger partial charge in [0.15, 0.2) is 0 Å². The van der Waals surface area contributed by atoms with E-state index in [1.165, 1.54) is 6.07 Å². The van der Waals surface area contributed by atoms with Crippen LogP contribution in [0.4, 0.5) is 4.39 Å². The smallest absolute Gasteiger partial charge is 0.251 e. The van der Waals surface area contributed by atoms with E-state index in [0.29, 0.717) is 24.2 Å². The predicted molar refractivity (Wildman–Crippen MR) is 61.8 cm³/mol. The van der Waals surface area contributed by atoms with Crippen LogP contribution in [0.25, 0.3) is 0 Å². The molecule has 0 aliphatic carbocycles. The van der Waals surface area contributed by atoms with Crippen LogP contribution in [-0.4, -0.2) is 31.4 Å². The van der Waals surface area contributed by atoms with Crippen LogP contribution in [0.15, 0.2) is 18.2 Å². The first-order chi connectivity index (χ1) is 7.56. The Morgan fingerprint density at radius 1 is 1.44 bits per heavy atom. The van der Waals surface area contributed by atoms with Crippen LogP contribution < -0.4 is 5.32 Å². The van der Waals surface area contributed by atoms with E-state index in [-0.39, 0.29) is 11.7 Å². The molecule has 0 bridgehead atoms. The second kappa shape index (κ2) is 5.61. The van der Waals surface area contributed by atoms with E-state index < -0.39 is 0 Å². The van der Waals surface area contributed by atoms with E-state index in [1.807, 2.05) is 25.9 Å². The Kier molecular flexibility index (Phi) is 4.43. The van der Waals surface area contributed by atoms with Crippen molar-refractivity contribution in [1.29, 1.82) is 0 Å². The lowest BCUT2D eigenvalue weighted by molar-refractivity contribution is 0.0953. The van der Waals surface area contributed by atoms with Crippen LogP contribution in [-0.2, 0) is 6.54 Å². The molecule has 0 atom stereocenters. The monoisotopic (exact) mass is 224 g/mol. The van der Waals surface area contributed by atoms with Crippen molar-refractivity contribution in [3.63, 3.8) is 0 Å². The van der Waals surface area contributed by atoms with Gasteiger partial charge in [0.1, 0.15) is 5.82 Å². The van der Waals surface area contributed by atoms with Crippen molar-refractivity contribution < 1.29 is 9.18 Å². The van der Waals surface area contributed by atoms with E-state index in [0.717, 1.165) is 0 Å². The molecule has 3 nitrogen and oxygen atoms in total.